The number of fused-ring (bicyclic) bond motifs is 1. The molecule has 5 nitrogen and oxygen atoms in total. The van der Waals surface area contributed by atoms with Crippen LogP contribution in [0.5, 0.6) is 0 Å². The van der Waals surface area contributed by atoms with E-state index in [1.165, 1.54) is 0 Å². The number of benzene rings is 2. The van der Waals surface area contributed by atoms with E-state index in [-0.39, 0.29) is 30.0 Å². The Morgan fingerprint density at radius 3 is 2.52 bits per heavy atom. The second kappa shape index (κ2) is 7.04. The molecule has 0 saturated carbocycles. The predicted octanol–water partition coefficient (Wildman–Crippen LogP) is 2.31. The van der Waals surface area contributed by atoms with Crippen LogP contribution in [0.25, 0.3) is 10.8 Å². The third-order valence-corrected chi connectivity index (χ3v) is 6.61. The highest BCUT2D eigenvalue weighted by Gasteiger charge is 2.34. The van der Waals surface area contributed by atoms with Crippen LogP contribution >= 0.6 is 0 Å². The van der Waals surface area contributed by atoms with Crippen LogP contribution in [-0.2, 0) is 14.6 Å². The van der Waals surface area contributed by atoms with E-state index in [0.29, 0.717) is 13.0 Å². The molecular formula is C19H24N2O3S. The fourth-order valence-electron chi connectivity index (χ4n) is 3.46. The van der Waals surface area contributed by atoms with Crippen molar-refractivity contribution in [3.8, 4) is 0 Å². The molecule has 2 aromatic rings. The minimum atomic E-state index is -3.00. The van der Waals surface area contributed by atoms with Gasteiger partial charge in [0.25, 0.3) is 0 Å². The van der Waals surface area contributed by atoms with Crippen molar-refractivity contribution in [1.82, 2.24) is 4.90 Å². The number of rotatable bonds is 5. The largest absolute Gasteiger partial charge is 0.365 e. The van der Waals surface area contributed by atoms with Crippen molar-refractivity contribution in [2.75, 3.05) is 36.5 Å². The normalized spacial score (nSPS) is 19.0. The van der Waals surface area contributed by atoms with Gasteiger partial charge in [0.15, 0.2) is 9.84 Å². The first-order valence-electron chi connectivity index (χ1n) is 8.59. The molecule has 0 aromatic heterocycles. The fraction of sp³-hybridized carbons (Fsp3) is 0.421. The highest BCUT2D eigenvalue weighted by atomic mass is 32.2. The minimum Gasteiger partial charge on any atom is -0.365 e. The molecule has 134 valence electrons. The summed E-state index contributed by atoms with van der Waals surface area (Å²) >= 11 is 0. The Balaban J connectivity index is 1.72. The van der Waals surface area contributed by atoms with Gasteiger partial charge in [0.1, 0.15) is 0 Å². The summed E-state index contributed by atoms with van der Waals surface area (Å²) in [5.74, 6) is 0.245. The van der Waals surface area contributed by atoms with Crippen LogP contribution in [0, 0.1) is 0 Å². The van der Waals surface area contributed by atoms with E-state index in [0.717, 1.165) is 16.5 Å². The molecule has 1 amide bonds. The summed E-state index contributed by atoms with van der Waals surface area (Å²) in [4.78, 5) is 16.3. The number of nitrogens with zero attached hydrogens (tertiary/aromatic N) is 2. The Morgan fingerprint density at radius 2 is 1.88 bits per heavy atom. The molecule has 3 rings (SSSR count). The molecule has 0 radical (unpaired) electrons. The molecule has 0 N–H and O–H groups in total. The van der Waals surface area contributed by atoms with E-state index >= 15 is 0 Å². The Labute approximate surface area is 149 Å². The average molecular weight is 360 g/mol. The number of sulfone groups is 1. The summed E-state index contributed by atoms with van der Waals surface area (Å²) < 4.78 is 23.4. The van der Waals surface area contributed by atoms with Gasteiger partial charge < -0.3 is 9.80 Å². The van der Waals surface area contributed by atoms with Gasteiger partial charge in [0, 0.05) is 25.3 Å². The fourth-order valence-corrected chi connectivity index (χ4v) is 5.19. The van der Waals surface area contributed by atoms with Crippen LogP contribution in [-0.4, -0.2) is 56.9 Å². The zero-order valence-corrected chi connectivity index (χ0v) is 15.5. The number of carbonyl (C=O) groups is 1. The van der Waals surface area contributed by atoms with Gasteiger partial charge in [-0.1, -0.05) is 30.3 Å². The van der Waals surface area contributed by atoms with Crippen molar-refractivity contribution in [2.45, 2.75) is 19.4 Å². The van der Waals surface area contributed by atoms with Crippen molar-refractivity contribution < 1.29 is 13.2 Å². The summed E-state index contributed by atoms with van der Waals surface area (Å²) in [6.45, 7) is 2.67. The predicted molar refractivity (Wildman–Crippen MR) is 102 cm³/mol. The SMILES string of the molecule is CCN(C(=O)CN(C)c1ccc2ccccc2c1)[C@H]1CCS(=O)(=O)C1. The molecule has 0 spiro atoms. The zero-order chi connectivity index (χ0) is 18.0. The highest BCUT2D eigenvalue weighted by Crippen LogP contribution is 2.22. The molecule has 0 bridgehead atoms. The quantitative estimate of drug-likeness (QED) is 0.821. The Bertz CT molecular complexity index is 879. The monoisotopic (exact) mass is 360 g/mol. The number of amides is 1. The van der Waals surface area contributed by atoms with Gasteiger partial charge in [0.05, 0.1) is 18.1 Å². The van der Waals surface area contributed by atoms with Crippen molar-refractivity contribution in [2.24, 2.45) is 0 Å². The van der Waals surface area contributed by atoms with Crippen molar-refractivity contribution in [3.05, 3.63) is 42.5 Å². The van der Waals surface area contributed by atoms with Gasteiger partial charge in [-0.3, -0.25) is 4.79 Å². The molecule has 0 unspecified atom stereocenters. The van der Waals surface area contributed by atoms with Crippen LogP contribution in [0.2, 0.25) is 0 Å². The van der Waals surface area contributed by atoms with Crippen LogP contribution in [0.1, 0.15) is 13.3 Å². The standard InChI is InChI=1S/C19H24N2O3S/c1-3-21(18-10-11-25(23,24)14-18)19(22)13-20(2)17-9-8-15-6-4-5-7-16(15)12-17/h4-9,12,18H,3,10-11,13-14H2,1-2H3/t18-/m0/s1. The lowest BCUT2D eigenvalue weighted by Crippen LogP contribution is -2.45. The molecule has 6 heteroatoms. The van der Waals surface area contributed by atoms with Crippen molar-refractivity contribution >= 4 is 32.2 Å². The average Bonchev–Trinajstić information content (AvgIpc) is 2.94. The molecule has 1 saturated heterocycles. The number of likely N-dealkylation sites (N-methyl/N-ethyl adjacent to an activating group) is 2. The molecule has 2 aromatic carbocycles. The second-order valence-corrected chi connectivity index (χ2v) is 8.85. The number of carbonyl (C=O) groups excluding carboxylic acids is 1. The topological polar surface area (TPSA) is 57.7 Å². The Hall–Kier alpha value is -2.08. The lowest BCUT2D eigenvalue weighted by atomic mass is 10.1. The molecule has 1 atom stereocenters. The van der Waals surface area contributed by atoms with Crippen LogP contribution in [0.4, 0.5) is 5.69 Å². The smallest absolute Gasteiger partial charge is 0.242 e. The maximum absolute atomic E-state index is 12.7. The first kappa shape index (κ1) is 17.7. The van der Waals surface area contributed by atoms with Crippen LogP contribution < -0.4 is 4.90 Å². The van der Waals surface area contributed by atoms with Gasteiger partial charge in [-0.2, -0.15) is 0 Å². The minimum absolute atomic E-state index is 0.0275. The van der Waals surface area contributed by atoms with Gasteiger partial charge in [-0.15, -0.1) is 0 Å². The second-order valence-electron chi connectivity index (χ2n) is 6.62. The van der Waals surface area contributed by atoms with Gasteiger partial charge in [-0.25, -0.2) is 8.42 Å². The molecule has 1 aliphatic rings. The van der Waals surface area contributed by atoms with Crippen molar-refractivity contribution in [3.63, 3.8) is 0 Å². The van der Waals surface area contributed by atoms with Crippen molar-refractivity contribution in [1.29, 1.82) is 0 Å². The number of hydrogen-bond donors (Lipinski definition) is 0. The number of hydrogen-bond acceptors (Lipinski definition) is 4. The lowest BCUT2D eigenvalue weighted by molar-refractivity contribution is -0.131. The third-order valence-electron chi connectivity index (χ3n) is 4.86. The first-order chi connectivity index (χ1) is 11.9. The lowest BCUT2D eigenvalue weighted by Gasteiger charge is -2.29. The number of anilines is 1. The zero-order valence-electron chi connectivity index (χ0n) is 14.7. The third kappa shape index (κ3) is 3.95. The van der Waals surface area contributed by atoms with E-state index in [1.807, 2.05) is 43.1 Å². The van der Waals surface area contributed by atoms with E-state index in [9.17, 15) is 13.2 Å². The van der Waals surface area contributed by atoms with E-state index in [1.54, 1.807) is 4.90 Å². The summed E-state index contributed by atoms with van der Waals surface area (Å²) in [5.41, 5.74) is 0.974. The molecule has 0 aliphatic carbocycles. The summed E-state index contributed by atoms with van der Waals surface area (Å²) in [5, 5.41) is 2.30. The van der Waals surface area contributed by atoms with Gasteiger partial charge in [0.2, 0.25) is 5.91 Å². The molecular weight excluding hydrogens is 336 g/mol. The molecule has 25 heavy (non-hydrogen) atoms. The maximum atomic E-state index is 12.7. The Morgan fingerprint density at radius 1 is 1.16 bits per heavy atom. The molecule has 1 fully saturated rings. The van der Waals surface area contributed by atoms with Crippen LogP contribution in [0.3, 0.4) is 0 Å². The van der Waals surface area contributed by atoms with Gasteiger partial charge >= 0.3 is 0 Å². The summed E-state index contributed by atoms with van der Waals surface area (Å²) in [7, 11) is -1.11. The van der Waals surface area contributed by atoms with E-state index in [2.05, 4.69) is 18.2 Å². The molecule has 1 aliphatic heterocycles. The van der Waals surface area contributed by atoms with Crippen LogP contribution in [0.15, 0.2) is 42.5 Å². The molecule has 1 heterocycles. The summed E-state index contributed by atoms with van der Waals surface area (Å²) in [6.07, 6.45) is 0.543. The first-order valence-corrected chi connectivity index (χ1v) is 10.4. The summed E-state index contributed by atoms with van der Waals surface area (Å²) in [6, 6.07) is 14.0. The van der Waals surface area contributed by atoms with E-state index in [4.69, 9.17) is 0 Å². The van der Waals surface area contributed by atoms with E-state index < -0.39 is 9.84 Å². The highest BCUT2D eigenvalue weighted by molar-refractivity contribution is 7.91. The van der Waals surface area contributed by atoms with Gasteiger partial charge in [-0.05, 0) is 36.2 Å². The Kier molecular flexibility index (Phi) is 4.99. The maximum Gasteiger partial charge on any atom is 0.242 e.